The molecule has 0 heterocycles. The summed E-state index contributed by atoms with van der Waals surface area (Å²) >= 11 is 1.62. The Hall–Kier alpha value is -2.97. The van der Waals surface area contributed by atoms with E-state index in [0.29, 0.717) is 18.6 Å². The molecule has 0 spiro atoms. The van der Waals surface area contributed by atoms with Gasteiger partial charge in [-0.1, -0.05) is 62.4 Å². The maximum Gasteiger partial charge on any atom is 0.328 e. The zero-order valence-electron chi connectivity index (χ0n) is 25.0. The lowest BCUT2D eigenvalue weighted by atomic mass is 9.85. The van der Waals surface area contributed by atoms with Crippen molar-refractivity contribution >= 4 is 23.6 Å². The largest absolute Gasteiger partial charge is 0.467 e. The molecule has 7 nitrogen and oxygen atoms in total. The minimum atomic E-state index is -0.708. The highest BCUT2D eigenvalue weighted by Crippen LogP contribution is 2.31. The molecule has 0 aromatic heterocycles. The molecule has 1 aliphatic carbocycles. The number of benzene rings is 2. The number of aryl methyl sites for hydroxylation is 1. The third-order valence-electron chi connectivity index (χ3n) is 7.99. The number of thioether (sulfide) groups is 1. The average molecular weight is 582 g/mol. The van der Waals surface area contributed by atoms with Gasteiger partial charge in [0, 0.05) is 18.8 Å². The van der Waals surface area contributed by atoms with E-state index >= 15 is 0 Å². The minimum absolute atomic E-state index is 0.130. The van der Waals surface area contributed by atoms with Gasteiger partial charge in [-0.3, -0.25) is 4.79 Å². The first-order chi connectivity index (χ1) is 19.9. The first-order valence-corrected chi connectivity index (χ1v) is 16.1. The molecule has 0 aliphatic heterocycles. The number of nitrogens with two attached hydrogens (primary N) is 1. The number of hydrogen-bond donors (Lipinski definition) is 3. The first-order valence-electron chi connectivity index (χ1n) is 14.7. The third-order valence-corrected chi connectivity index (χ3v) is 8.64. The Bertz CT molecular complexity index is 1160. The van der Waals surface area contributed by atoms with Crippen molar-refractivity contribution < 1.29 is 19.1 Å². The van der Waals surface area contributed by atoms with Crippen molar-refractivity contribution in [2.45, 2.75) is 77.0 Å². The number of esters is 1. The van der Waals surface area contributed by atoms with E-state index in [1.165, 1.54) is 39.2 Å². The monoisotopic (exact) mass is 581 g/mol. The molecule has 2 aromatic rings. The van der Waals surface area contributed by atoms with Crippen LogP contribution in [0.3, 0.4) is 0 Å². The maximum absolute atomic E-state index is 13.5. The number of carbonyl (C=O) groups excluding carboxylic acids is 2. The van der Waals surface area contributed by atoms with Gasteiger partial charge in [0.15, 0.2) is 0 Å². The molecule has 1 fully saturated rings. The molecule has 1 saturated carbocycles. The lowest BCUT2D eigenvalue weighted by molar-refractivity contribution is -0.142. The summed E-state index contributed by atoms with van der Waals surface area (Å²) in [4.78, 5) is 25.9. The Morgan fingerprint density at radius 1 is 1.10 bits per heavy atom. The van der Waals surface area contributed by atoms with Crippen LogP contribution in [-0.4, -0.2) is 50.2 Å². The van der Waals surface area contributed by atoms with Gasteiger partial charge < -0.3 is 25.8 Å². The summed E-state index contributed by atoms with van der Waals surface area (Å²) in [6.45, 7) is 2.41. The van der Waals surface area contributed by atoms with Gasteiger partial charge in [-0.05, 0) is 78.5 Å². The lowest BCUT2D eigenvalue weighted by Gasteiger charge is -2.26. The van der Waals surface area contributed by atoms with Gasteiger partial charge in [0.05, 0.1) is 25.5 Å². The molecule has 2 aromatic carbocycles. The van der Waals surface area contributed by atoms with Gasteiger partial charge >= 0.3 is 5.97 Å². The molecule has 2 atom stereocenters. The molecule has 3 rings (SSSR count). The Morgan fingerprint density at radius 3 is 2.51 bits per heavy atom. The van der Waals surface area contributed by atoms with Crippen LogP contribution in [-0.2, 0) is 20.9 Å². The van der Waals surface area contributed by atoms with Gasteiger partial charge in [-0.25, -0.2) is 4.79 Å². The minimum Gasteiger partial charge on any atom is -0.467 e. The summed E-state index contributed by atoms with van der Waals surface area (Å²) in [5.41, 5.74) is 11.1. The van der Waals surface area contributed by atoms with Crippen LogP contribution in [0.15, 0.2) is 54.4 Å². The van der Waals surface area contributed by atoms with Crippen LogP contribution in [0.5, 0.6) is 0 Å². The Balaban J connectivity index is 1.84. The Morgan fingerprint density at radius 2 is 1.85 bits per heavy atom. The molecule has 0 saturated heterocycles. The fourth-order valence-corrected chi connectivity index (χ4v) is 6.05. The summed E-state index contributed by atoms with van der Waals surface area (Å²) in [7, 11) is 3.22. The highest BCUT2D eigenvalue weighted by atomic mass is 32.2. The number of nitrogens with one attached hydrogen (secondary N) is 2. The van der Waals surface area contributed by atoms with Crippen LogP contribution in [0.2, 0.25) is 0 Å². The van der Waals surface area contributed by atoms with E-state index in [2.05, 4.69) is 10.6 Å². The third kappa shape index (κ3) is 9.54. The molecule has 0 bridgehead atoms. The zero-order valence-corrected chi connectivity index (χ0v) is 25.9. The second kappa shape index (κ2) is 17.1. The van der Waals surface area contributed by atoms with Crippen molar-refractivity contribution in [3.63, 3.8) is 0 Å². The second-order valence-corrected chi connectivity index (χ2v) is 11.8. The molecular formula is C33H47N3O4S. The van der Waals surface area contributed by atoms with Crippen LogP contribution >= 0.6 is 11.8 Å². The number of methoxy groups -OCH3 is 1. The van der Waals surface area contributed by atoms with Gasteiger partial charge in [-0.15, -0.1) is 0 Å². The van der Waals surface area contributed by atoms with E-state index in [1.54, 1.807) is 18.0 Å². The molecule has 0 radical (unpaired) electrons. The fraction of sp³-hybridized carbons (Fsp3) is 0.515. The van der Waals surface area contributed by atoms with Crippen molar-refractivity contribution in [1.29, 1.82) is 0 Å². The summed E-state index contributed by atoms with van der Waals surface area (Å²) in [5, 5.41) is 6.12. The SMILES string of the molecule is CN/C(=C\N)C(CCC1CCCCC1)OCc1ccc(C(=O)NC(CCSC)C(=O)OC)c(-c2ccccc2C)c1. The molecule has 4 N–H and O–H groups in total. The normalized spacial score (nSPS) is 15.7. The van der Waals surface area contributed by atoms with E-state index in [0.717, 1.165) is 52.5 Å². The van der Waals surface area contributed by atoms with Crippen LogP contribution in [0.25, 0.3) is 11.1 Å². The van der Waals surface area contributed by atoms with Crippen molar-refractivity contribution in [3.8, 4) is 11.1 Å². The highest BCUT2D eigenvalue weighted by molar-refractivity contribution is 7.98. The summed E-state index contributed by atoms with van der Waals surface area (Å²) in [6.07, 6.45) is 12.5. The maximum atomic E-state index is 13.5. The van der Waals surface area contributed by atoms with Gasteiger partial charge in [0.25, 0.3) is 5.91 Å². The number of hydrogen-bond acceptors (Lipinski definition) is 7. The van der Waals surface area contributed by atoms with Gasteiger partial charge in [0.1, 0.15) is 6.04 Å². The second-order valence-electron chi connectivity index (χ2n) is 10.8. The molecule has 2 unspecified atom stereocenters. The summed E-state index contributed by atoms with van der Waals surface area (Å²) in [5.74, 6) is 0.735. The highest BCUT2D eigenvalue weighted by Gasteiger charge is 2.24. The van der Waals surface area contributed by atoms with Gasteiger partial charge in [0.2, 0.25) is 0 Å². The number of carbonyl (C=O) groups is 2. The first kappa shape index (κ1) is 32.5. The molecular weight excluding hydrogens is 534 g/mol. The van der Waals surface area contributed by atoms with Crippen molar-refractivity contribution in [2.24, 2.45) is 11.7 Å². The van der Waals surface area contributed by atoms with Crippen LogP contribution in [0.4, 0.5) is 0 Å². The van der Waals surface area contributed by atoms with Crippen LogP contribution < -0.4 is 16.4 Å². The van der Waals surface area contributed by atoms with E-state index < -0.39 is 12.0 Å². The number of amides is 1. The molecule has 41 heavy (non-hydrogen) atoms. The molecule has 8 heteroatoms. The quantitative estimate of drug-likeness (QED) is 0.223. The van der Waals surface area contributed by atoms with E-state index in [9.17, 15) is 9.59 Å². The predicted octanol–water partition coefficient (Wildman–Crippen LogP) is 5.95. The average Bonchev–Trinajstić information content (AvgIpc) is 3.00. The summed E-state index contributed by atoms with van der Waals surface area (Å²) < 4.78 is 11.4. The number of rotatable bonds is 15. The van der Waals surface area contributed by atoms with Crippen molar-refractivity contribution in [1.82, 2.24) is 10.6 Å². The number of likely N-dealkylation sites (N-methyl/N-ethyl adjacent to an activating group) is 1. The Labute approximate surface area is 250 Å². The van der Waals surface area contributed by atoms with Crippen LogP contribution in [0, 0.1) is 12.8 Å². The van der Waals surface area contributed by atoms with E-state index in [-0.39, 0.29) is 12.0 Å². The zero-order chi connectivity index (χ0) is 29.6. The van der Waals surface area contributed by atoms with E-state index in [1.807, 2.05) is 62.7 Å². The molecule has 1 aliphatic rings. The van der Waals surface area contributed by atoms with Crippen LogP contribution in [0.1, 0.15) is 72.9 Å². The molecule has 1 amide bonds. The number of ether oxygens (including phenoxy) is 2. The topological polar surface area (TPSA) is 103 Å². The molecule has 224 valence electrons. The lowest BCUT2D eigenvalue weighted by Crippen LogP contribution is -2.42. The predicted molar refractivity (Wildman–Crippen MR) is 169 cm³/mol. The van der Waals surface area contributed by atoms with Gasteiger partial charge in [-0.2, -0.15) is 11.8 Å². The summed E-state index contributed by atoms with van der Waals surface area (Å²) in [6, 6.07) is 13.1. The Kier molecular flexibility index (Phi) is 13.6. The fourth-order valence-electron chi connectivity index (χ4n) is 5.58. The standard InChI is InChI=1S/C33H47N3O4S/c1-23-10-8-9-13-26(23)28-20-25(14-16-27(28)32(37)36-29(18-19-41-4)33(38)39-3)22-40-31(30(21-34)35-2)17-15-24-11-6-5-7-12-24/h8-10,13-14,16,20-21,24,29,31,35H,5-7,11-12,15,17-19,22,34H2,1-4H3,(H,36,37)/b30-21-. The van der Waals surface area contributed by atoms with Crippen molar-refractivity contribution in [3.05, 3.63) is 71.1 Å². The van der Waals surface area contributed by atoms with E-state index in [4.69, 9.17) is 15.2 Å². The smallest absolute Gasteiger partial charge is 0.328 e. The van der Waals surface area contributed by atoms with Crippen molar-refractivity contribution in [2.75, 3.05) is 26.2 Å².